The first-order valence-corrected chi connectivity index (χ1v) is 6.47. The standard InChI is InChI=1S/C14H19NO4/c16-9-11-1-3-13(4-2-11)19-10-14(17)15-12-5-7-18-8-6-12/h1-4,12,16H,5-10H2,(H,15,17). The number of aliphatic hydroxyl groups excluding tert-OH is 1. The number of carbonyl (C=O) groups is 1. The second kappa shape index (κ2) is 7.11. The lowest BCUT2D eigenvalue weighted by Gasteiger charge is -2.23. The summed E-state index contributed by atoms with van der Waals surface area (Å²) in [5, 5.41) is 11.8. The Morgan fingerprint density at radius 3 is 2.63 bits per heavy atom. The van der Waals surface area contributed by atoms with E-state index in [2.05, 4.69) is 5.32 Å². The van der Waals surface area contributed by atoms with Crippen LogP contribution in [-0.2, 0) is 16.1 Å². The number of nitrogens with one attached hydrogen (secondary N) is 1. The Kier molecular flexibility index (Phi) is 5.18. The maximum absolute atomic E-state index is 11.7. The van der Waals surface area contributed by atoms with Crippen molar-refractivity contribution in [3.05, 3.63) is 29.8 Å². The number of ether oxygens (including phenoxy) is 2. The molecule has 104 valence electrons. The van der Waals surface area contributed by atoms with Gasteiger partial charge < -0.3 is 19.9 Å². The molecule has 1 aromatic rings. The van der Waals surface area contributed by atoms with E-state index in [-0.39, 0.29) is 25.2 Å². The van der Waals surface area contributed by atoms with Gasteiger partial charge in [-0.25, -0.2) is 0 Å². The number of aliphatic hydroxyl groups is 1. The van der Waals surface area contributed by atoms with E-state index in [9.17, 15) is 4.79 Å². The molecule has 1 aliphatic heterocycles. The van der Waals surface area contributed by atoms with Crippen molar-refractivity contribution in [3.63, 3.8) is 0 Å². The molecular formula is C14H19NO4. The van der Waals surface area contributed by atoms with Crippen molar-refractivity contribution in [2.24, 2.45) is 0 Å². The van der Waals surface area contributed by atoms with Gasteiger partial charge in [0.25, 0.3) is 5.91 Å². The molecule has 1 heterocycles. The summed E-state index contributed by atoms with van der Waals surface area (Å²) < 4.78 is 10.6. The highest BCUT2D eigenvalue weighted by Gasteiger charge is 2.16. The molecule has 0 bridgehead atoms. The molecule has 0 atom stereocenters. The highest BCUT2D eigenvalue weighted by Crippen LogP contribution is 2.12. The Labute approximate surface area is 112 Å². The van der Waals surface area contributed by atoms with Gasteiger partial charge in [0.1, 0.15) is 5.75 Å². The first-order chi connectivity index (χ1) is 9.28. The molecule has 1 aliphatic rings. The molecule has 1 fully saturated rings. The van der Waals surface area contributed by atoms with Gasteiger partial charge in [0.05, 0.1) is 6.61 Å². The summed E-state index contributed by atoms with van der Waals surface area (Å²) in [4.78, 5) is 11.7. The van der Waals surface area contributed by atoms with Gasteiger partial charge in [-0.3, -0.25) is 4.79 Å². The van der Waals surface area contributed by atoms with Crippen LogP contribution < -0.4 is 10.1 Å². The molecule has 19 heavy (non-hydrogen) atoms. The Hall–Kier alpha value is -1.59. The van der Waals surface area contributed by atoms with E-state index >= 15 is 0 Å². The van der Waals surface area contributed by atoms with Crippen molar-refractivity contribution in [3.8, 4) is 5.75 Å². The lowest BCUT2D eigenvalue weighted by molar-refractivity contribution is -0.124. The van der Waals surface area contributed by atoms with Crippen molar-refractivity contribution < 1.29 is 19.4 Å². The summed E-state index contributed by atoms with van der Waals surface area (Å²) in [6.07, 6.45) is 1.72. The van der Waals surface area contributed by atoms with Crippen LogP contribution in [-0.4, -0.2) is 36.9 Å². The number of hydrogen-bond acceptors (Lipinski definition) is 4. The molecule has 0 unspecified atom stereocenters. The van der Waals surface area contributed by atoms with Gasteiger partial charge >= 0.3 is 0 Å². The van der Waals surface area contributed by atoms with Gasteiger partial charge in [0.2, 0.25) is 0 Å². The van der Waals surface area contributed by atoms with Gasteiger partial charge in [-0.05, 0) is 30.5 Å². The fourth-order valence-corrected chi connectivity index (χ4v) is 1.95. The summed E-state index contributed by atoms with van der Waals surface area (Å²) in [7, 11) is 0. The predicted molar refractivity (Wildman–Crippen MR) is 69.8 cm³/mol. The van der Waals surface area contributed by atoms with E-state index in [0.29, 0.717) is 19.0 Å². The summed E-state index contributed by atoms with van der Waals surface area (Å²) in [6.45, 7) is 1.42. The number of hydrogen-bond donors (Lipinski definition) is 2. The molecule has 1 saturated heterocycles. The molecule has 1 aromatic carbocycles. The third kappa shape index (κ3) is 4.54. The number of rotatable bonds is 5. The molecule has 5 heteroatoms. The van der Waals surface area contributed by atoms with E-state index in [4.69, 9.17) is 14.6 Å². The molecule has 2 N–H and O–H groups in total. The Balaban J connectivity index is 1.72. The maximum Gasteiger partial charge on any atom is 0.258 e. The van der Waals surface area contributed by atoms with Crippen LogP contribution in [0.3, 0.4) is 0 Å². The molecular weight excluding hydrogens is 246 g/mol. The lowest BCUT2D eigenvalue weighted by Crippen LogP contribution is -2.41. The zero-order valence-corrected chi connectivity index (χ0v) is 10.8. The molecule has 0 aliphatic carbocycles. The number of benzene rings is 1. The smallest absolute Gasteiger partial charge is 0.258 e. The van der Waals surface area contributed by atoms with Crippen LogP contribution in [0.5, 0.6) is 5.75 Å². The van der Waals surface area contributed by atoms with Crippen LogP contribution in [0.15, 0.2) is 24.3 Å². The van der Waals surface area contributed by atoms with Gasteiger partial charge in [0.15, 0.2) is 6.61 Å². The van der Waals surface area contributed by atoms with Crippen molar-refractivity contribution in [1.82, 2.24) is 5.32 Å². The van der Waals surface area contributed by atoms with Crippen LogP contribution >= 0.6 is 0 Å². The molecule has 0 spiro atoms. The maximum atomic E-state index is 11.7. The van der Waals surface area contributed by atoms with Crippen molar-refractivity contribution in [2.45, 2.75) is 25.5 Å². The number of amides is 1. The fourth-order valence-electron chi connectivity index (χ4n) is 1.95. The largest absolute Gasteiger partial charge is 0.484 e. The average molecular weight is 265 g/mol. The normalized spacial score (nSPS) is 16.1. The highest BCUT2D eigenvalue weighted by atomic mass is 16.5. The van der Waals surface area contributed by atoms with E-state index in [0.717, 1.165) is 18.4 Å². The van der Waals surface area contributed by atoms with Gasteiger partial charge in [-0.2, -0.15) is 0 Å². The van der Waals surface area contributed by atoms with E-state index in [1.165, 1.54) is 0 Å². The van der Waals surface area contributed by atoms with E-state index in [1.807, 2.05) is 0 Å². The fraction of sp³-hybridized carbons (Fsp3) is 0.500. The van der Waals surface area contributed by atoms with E-state index < -0.39 is 0 Å². The average Bonchev–Trinajstić information content (AvgIpc) is 2.47. The van der Waals surface area contributed by atoms with Gasteiger partial charge in [-0.15, -0.1) is 0 Å². The topological polar surface area (TPSA) is 67.8 Å². The van der Waals surface area contributed by atoms with Crippen molar-refractivity contribution in [2.75, 3.05) is 19.8 Å². The molecule has 0 saturated carbocycles. The van der Waals surface area contributed by atoms with Crippen LogP contribution in [0, 0.1) is 0 Å². The first-order valence-electron chi connectivity index (χ1n) is 6.47. The van der Waals surface area contributed by atoms with Crippen LogP contribution in [0.25, 0.3) is 0 Å². The summed E-state index contributed by atoms with van der Waals surface area (Å²) >= 11 is 0. The van der Waals surface area contributed by atoms with Gasteiger partial charge in [-0.1, -0.05) is 12.1 Å². The predicted octanol–water partition coefficient (Wildman–Crippen LogP) is 0.853. The molecule has 0 radical (unpaired) electrons. The molecule has 2 rings (SSSR count). The van der Waals surface area contributed by atoms with Gasteiger partial charge in [0, 0.05) is 19.3 Å². The monoisotopic (exact) mass is 265 g/mol. The second-order valence-electron chi connectivity index (χ2n) is 4.54. The zero-order chi connectivity index (χ0) is 13.5. The Morgan fingerprint density at radius 2 is 2.00 bits per heavy atom. The minimum atomic E-state index is -0.113. The molecule has 0 aromatic heterocycles. The third-order valence-electron chi connectivity index (χ3n) is 3.06. The summed E-state index contributed by atoms with van der Waals surface area (Å²) in [5.41, 5.74) is 0.819. The van der Waals surface area contributed by atoms with Crippen LogP contribution in [0.1, 0.15) is 18.4 Å². The van der Waals surface area contributed by atoms with Crippen molar-refractivity contribution >= 4 is 5.91 Å². The Bertz CT molecular complexity index is 398. The quantitative estimate of drug-likeness (QED) is 0.828. The highest BCUT2D eigenvalue weighted by molar-refractivity contribution is 5.77. The summed E-state index contributed by atoms with van der Waals surface area (Å²) in [5.74, 6) is 0.512. The van der Waals surface area contributed by atoms with Crippen LogP contribution in [0.4, 0.5) is 0 Å². The Morgan fingerprint density at radius 1 is 1.32 bits per heavy atom. The van der Waals surface area contributed by atoms with Crippen LogP contribution in [0.2, 0.25) is 0 Å². The molecule has 1 amide bonds. The summed E-state index contributed by atoms with van der Waals surface area (Å²) in [6, 6.07) is 7.22. The van der Waals surface area contributed by atoms with E-state index in [1.54, 1.807) is 24.3 Å². The zero-order valence-electron chi connectivity index (χ0n) is 10.8. The minimum Gasteiger partial charge on any atom is -0.484 e. The lowest BCUT2D eigenvalue weighted by atomic mass is 10.1. The number of carbonyl (C=O) groups excluding carboxylic acids is 1. The SMILES string of the molecule is O=C(COc1ccc(CO)cc1)NC1CCOCC1. The molecule has 5 nitrogen and oxygen atoms in total. The first kappa shape index (κ1) is 13.8. The second-order valence-corrected chi connectivity index (χ2v) is 4.54. The minimum absolute atomic E-state index is 0.00448. The third-order valence-corrected chi connectivity index (χ3v) is 3.06. The van der Waals surface area contributed by atoms with Crippen molar-refractivity contribution in [1.29, 1.82) is 0 Å².